The highest BCUT2D eigenvalue weighted by atomic mass is 32.2. The zero-order chi connectivity index (χ0) is 19.1. The van der Waals surface area contributed by atoms with E-state index >= 15 is 0 Å². The van der Waals surface area contributed by atoms with E-state index in [1.165, 1.54) is 0 Å². The third-order valence-corrected chi connectivity index (χ3v) is 6.61. The van der Waals surface area contributed by atoms with Gasteiger partial charge in [0.15, 0.2) is 5.69 Å². The van der Waals surface area contributed by atoms with Crippen LogP contribution in [0.1, 0.15) is 34.6 Å². The molecular weight excluding hydrogens is 374 g/mol. The Labute approximate surface area is 166 Å². The Morgan fingerprint density at radius 2 is 2.21 bits per heavy atom. The van der Waals surface area contributed by atoms with E-state index < -0.39 is 0 Å². The molecule has 1 atom stereocenters. The Balaban J connectivity index is 1.42. The van der Waals surface area contributed by atoms with E-state index in [2.05, 4.69) is 15.3 Å². The van der Waals surface area contributed by atoms with Gasteiger partial charge in [0.25, 0.3) is 11.5 Å². The first kappa shape index (κ1) is 17.5. The van der Waals surface area contributed by atoms with E-state index in [0.29, 0.717) is 18.8 Å². The van der Waals surface area contributed by atoms with Gasteiger partial charge in [0.2, 0.25) is 0 Å². The van der Waals surface area contributed by atoms with Crippen molar-refractivity contribution in [3.05, 3.63) is 57.6 Å². The van der Waals surface area contributed by atoms with E-state index in [1.807, 2.05) is 40.9 Å². The van der Waals surface area contributed by atoms with Crippen LogP contribution >= 0.6 is 11.8 Å². The van der Waals surface area contributed by atoms with E-state index in [1.54, 1.807) is 10.7 Å². The summed E-state index contributed by atoms with van der Waals surface area (Å²) in [5.74, 6) is 1.82. The normalized spacial score (nSPS) is 19.1. The van der Waals surface area contributed by atoms with Crippen LogP contribution in [0.15, 0.2) is 35.1 Å². The standard InChI is InChI=1S/C20H21N5O2S/c26-18-10-13-12-28-9-7-16(13)23-25(18)11-14-4-3-8-24(14)20(27)19-15-5-1-2-6-17(15)21-22-19/h1-2,5-6,10,14H,3-4,7-9,11-12H2,(H,21,22). The minimum atomic E-state index is -0.0811. The summed E-state index contributed by atoms with van der Waals surface area (Å²) < 4.78 is 1.55. The number of rotatable bonds is 3. The van der Waals surface area contributed by atoms with Gasteiger partial charge in [-0.3, -0.25) is 14.7 Å². The van der Waals surface area contributed by atoms with Gasteiger partial charge in [0.05, 0.1) is 23.8 Å². The SMILES string of the molecule is O=C(c1n[nH]c2ccccc12)N1CCCC1Cn1nc2c(cc1=O)CSCC2. The summed E-state index contributed by atoms with van der Waals surface area (Å²) in [6.45, 7) is 1.12. The molecule has 1 fully saturated rings. The number of para-hydroxylation sites is 1. The lowest BCUT2D eigenvalue weighted by Gasteiger charge is -2.25. The molecule has 1 amide bonds. The molecule has 7 nitrogen and oxygen atoms in total. The van der Waals surface area contributed by atoms with Crippen molar-refractivity contribution < 1.29 is 4.79 Å². The number of nitrogens with zero attached hydrogens (tertiary/aromatic N) is 4. The highest BCUT2D eigenvalue weighted by molar-refractivity contribution is 7.98. The van der Waals surface area contributed by atoms with Gasteiger partial charge in [-0.25, -0.2) is 4.68 Å². The lowest BCUT2D eigenvalue weighted by Crippen LogP contribution is -2.41. The molecule has 4 heterocycles. The maximum Gasteiger partial charge on any atom is 0.275 e. The van der Waals surface area contributed by atoms with Crippen molar-refractivity contribution >= 4 is 28.6 Å². The number of benzene rings is 1. The molecule has 0 saturated carbocycles. The third-order valence-electron chi connectivity index (χ3n) is 5.60. The number of carbonyl (C=O) groups excluding carboxylic acids is 1. The predicted molar refractivity (Wildman–Crippen MR) is 109 cm³/mol. The van der Waals surface area contributed by atoms with Gasteiger partial charge >= 0.3 is 0 Å². The highest BCUT2D eigenvalue weighted by Gasteiger charge is 2.32. The molecule has 3 aromatic rings. The average molecular weight is 395 g/mol. The first-order chi connectivity index (χ1) is 13.7. The van der Waals surface area contributed by atoms with Crippen LogP contribution in [0.2, 0.25) is 0 Å². The van der Waals surface area contributed by atoms with Gasteiger partial charge in [-0.1, -0.05) is 18.2 Å². The van der Waals surface area contributed by atoms with Crippen molar-refractivity contribution in [2.24, 2.45) is 0 Å². The van der Waals surface area contributed by atoms with Crippen molar-refractivity contribution in [1.29, 1.82) is 0 Å². The minimum absolute atomic E-state index is 0.0378. The van der Waals surface area contributed by atoms with Crippen molar-refractivity contribution in [3.63, 3.8) is 0 Å². The summed E-state index contributed by atoms with van der Waals surface area (Å²) in [5.41, 5.74) is 3.30. The van der Waals surface area contributed by atoms with Crippen LogP contribution in [0, 0.1) is 0 Å². The molecule has 0 aliphatic carbocycles. The van der Waals surface area contributed by atoms with Crippen molar-refractivity contribution in [2.45, 2.75) is 37.6 Å². The lowest BCUT2D eigenvalue weighted by atomic mass is 10.1. The number of thioether (sulfide) groups is 1. The second kappa shape index (κ2) is 7.09. The van der Waals surface area contributed by atoms with E-state index in [4.69, 9.17) is 0 Å². The molecule has 1 saturated heterocycles. The topological polar surface area (TPSA) is 83.9 Å². The first-order valence-corrected chi connectivity index (χ1v) is 10.8. The fourth-order valence-corrected chi connectivity index (χ4v) is 5.09. The molecule has 0 bridgehead atoms. The number of fused-ring (bicyclic) bond motifs is 2. The van der Waals surface area contributed by atoms with Crippen molar-refractivity contribution in [1.82, 2.24) is 24.9 Å². The number of H-pyrrole nitrogens is 1. The molecule has 2 aliphatic heterocycles. The molecule has 144 valence electrons. The first-order valence-electron chi connectivity index (χ1n) is 9.62. The molecule has 28 heavy (non-hydrogen) atoms. The Bertz CT molecular complexity index is 1110. The number of aromatic nitrogens is 4. The number of hydrogen-bond acceptors (Lipinski definition) is 5. The molecule has 5 rings (SSSR count). The van der Waals surface area contributed by atoms with E-state index in [9.17, 15) is 9.59 Å². The van der Waals surface area contributed by atoms with Crippen molar-refractivity contribution in [2.75, 3.05) is 12.3 Å². The molecule has 1 unspecified atom stereocenters. The summed E-state index contributed by atoms with van der Waals surface area (Å²) in [5, 5.41) is 12.6. The summed E-state index contributed by atoms with van der Waals surface area (Å²) in [6.07, 6.45) is 2.69. The zero-order valence-corrected chi connectivity index (χ0v) is 16.2. The lowest BCUT2D eigenvalue weighted by molar-refractivity contribution is 0.0716. The fourth-order valence-electron chi connectivity index (χ4n) is 4.14. The van der Waals surface area contributed by atoms with Gasteiger partial charge in [-0.2, -0.15) is 22.0 Å². The molecular formula is C20H21N5O2S. The number of amides is 1. The maximum atomic E-state index is 13.2. The van der Waals surface area contributed by atoms with Crippen LogP contribution < -0.4 is 5.56 Å². The molecule has 0 spiro atoms. The van der Waals surface area contributed by atoms with Crippen LogP contribution in [-0.4, -0.2) is 49.1 Å². The molecule has 2 aliphatic rings. The van der Waals surface area contributed by atoms with Crippen molar-refractivity contribution in [3.8, 4) is 0 Å². The number of aryl methyl sites for hydroxylation is 1. The quantitative estimate of drug-likeness (QED) is 0.735. The molecule has 2 aromatic heterocycles. The maximum absolute atomic E-state index is 13.2. The summed E-state index contributed by atoms with van der Waals surface area (Å²) in [6, 6.07) is 9.33. The second-order valence-corrected chi connectivity index (χ2v) is 8.46. The number of aromatic amines is 1. The van der Waals surface area contributed by atoms with Crippen LogP contribution in [0.25, 0.3) is 10.9 Å². The van der Waals surface area contributed by atoms with Crippen LogP contribution in [0.5, 0.6) is 0 Å². The Morgan fingerprint density at radius 1 is 1.32 bits per heavy atom. The van der Waals surface area contributed by atoms with E-state index in [-0.39, 0.29) is 17.5 Å². The predicted octanol–water partition coefficient (Wildman–Crippen LogP) is 2.21. The fraction of sp³-hybridized carbons (Fsp3) is 0.400. The van der Waals surface area contributed by atoms with Crippen LogP contribution in [0.3, 0.4) is 0 Å². The number of carbonyl (C=O) groups is 1. The Morgan fingerprint density at radius 3 is 3.14 bits per heavy atom. The molecule has 8 heteroatoms. The van der Waals surface area contributed by atoms with Crippen LogP contribution in [0.4, 0.5) is 0 Å². The Kier molecular flexibility index (Phi) is 4.43. The summed E-state index contributed by atoms with van der Waals surface area (Å²) in [4.78, 5) is 27.6. The summed E-state index contributed by atoms with van der Waals surface area (Å²) >= 11 is 1.84. The zero-order valence-electron chi connectivity index (χ0n) is 15.4. The largest absolute Gasteiger partial charge is 0.332 e. The molecule has 0 radical (unpaired) electrons. The second-order valence-electron chi connectivity index (χ2n) is 7.35. The Hall–Kier alpha value is -2.61. The monoisotopic (exact) mass is 395 g/mol. The van der Waals surface area contributed by atoms with E-state index in [0.717, 1.165) is 52.9 Å². The van der Waals surface area contributed by atoms with Gasteiger partial charge in [-0.15, -0.1) is 0 Å². The van der Waals surface area contributed by atoms with Gasteiger partial charge in [0.1, 0.15) is 0 Å². The van der Waals surface area contributed by atoms with Gasteiger partial charge in [-0.05, 0) is 30.2 Å². The van der Waals surface area contributed by atoms with Gasteiger partial charge in [0, 0.05) is 30.2 Å². The van der Waals surface area contributed by atoms with Gasteiger partial charge < -0.3 is 4.90 Å². The smallest absolute Gasteiger partial charge is 0.275 e. The summed E-state index contributed by atoms with van der Waals surface area (Å²) in [7, 11) is 0. The molecule has 1 aromatic carbocycles. The van der Waals surface area contributed by atoms with Crippen LogP contribution in [-0.2, 0) is 18.7 Å². The third kappa shape index (κ3) is 3.01. The number of likely N-dealkylation sites (tertiary alicyclic amines) is 1. The minimum Gasteiger partial charge on any atom is -0.332 e. The highest BCUT2D eigenvalue weighted by Crippen LogP contribution is 2.25. The number of hydrogen-bond donors (Lipinski definition) is 1. The number of nitrogens with one attached hydrogen (secondary N) is 1. The molecule has 1 N–H and O–H groups in total. The average Bonchev–Trinajstić information content (AvgIpc) is 3.35.